The van der Waals surface area contributed by atoms with E-state index in [4.69, 9.17) is 0 Å². The van der Waals surface area contributed by atoms with Crippen LogP contribution in [0.4, 0.5) is 0 Å². The minimum Gasteiger partial charge on any atom is 0 e. The molecule has 291 valence electrons. The zero-order chi connectivity index (χ0) is 0. The summed E-state index contributed by atoms with van der Waals surface area (Å²) in [5, 5.41) is 0. The van der Waals surface area contributed by atoms with Crippen molar-refractivity contribution in [2.75, 3.05) is 0 Å². The van der Waals surface area contributed by atoms with Crippen LogP contribution in [0.5, 0.6) is 0 Å². The number of hydrogen-bond donors (Lipinski definition) is 0. The van der Waals surface area contributed by atoms with E-state index < -0.39 is 0 Å². The van der Waals surface area contributed by atoms with Gasteiger partial charge in [0.05, 0.1) is 0 Å². The molecular formula is Y97. The molecule has 0 aliphatic carbocycles. The van der Waals surface area contributed by atoms with E-state index in [0.29, 0.717) is 0 Å². The molecule has 0 aromatic rings. The van der Waals surface area contributed by atoms with Crippen molar-refractivity contribution in [3.63, 3.8) is 0 Å². The Morgan fingerprint density at radius 1 is 0.0103 bits per heavy atom. The molecule has 0 fully saturated rings. The van der Waals surface area contributed by atoms with Gasteiger partial charge in [-0.3, -0.25) is 0 Å². The van der Waals surface area contributed by atoms with Gasteiger partial charge in [0.25, 0.3) is 0 Å². The molecule has 0 nitrogen and oxygen atoms in total. The zero-order valence-corrected chi connectivity index (χ0v) is 331. The van der Waals surface area contributed by atoms with Crippen LogP contribution >= 0.6 is 0 Å². The molecule has 97 heavy (non-hydrogen) atoms. The summed E-state index contributed by atoms with van der Waals surface area (Å²) < 4.78 is 0. The van der Waals surface area contributed by atoms with Gasteiger partial charge in [-0.15, -0.1) is 0 Å². The monoisotopic (exact) mass is 8620 g/mol. The van der Waals surface area contributed by atoms with Gasteiger partial charge in [-0.25, -0.2) is 0 Å². The normalized spacial score (nSPS) is 0. The maximum Gasteiger partial charge on any atom is 0 e. The Bertz CT molecular complexity index is 0. The van der Waals surface area contributed by atoms with Crippen molar-refractivity contribution in [3.8, 4) is 0 Å². The summed E-state index contributed by atoms with van der Waals surface area (Å²) in [5.41, 5.74) is 0. The third kappa shape index (κ3) is 716. The molecule has 0 saturated heterocycles. The SMILES string of the molecule is [Y].[Y].[Y].[Y].[Y].[Y].[Y].[Y].[Y].[Y].[Y].[Y].[Y].[Y].[Y].[Y].[Y].[Y].[Y].[Y].[Y].[Y].[Y].[Y].[Y].[Y].[Y].[Y].[Y].[Y].[Y].[Y].[Y].[Y].[Y].[Y].[Y].[Y].[Y].[Y].[Y].[Y].[Y].[Y].[Y].[Y].[Y].[Y].[Y].[Y].[Y].[Y].[Y].[Y].[Y].[Y].[Y].[Y].[Y].[Y].[Y].[Y].[Y].[Y].[Y].[Y].[Y].[Y].[Y].[Y].[Y].[Y].[Y].[Y].[Y].[Y].[Y].[Y].[Y].[Y].[Y].[Y].[Y].[Y].[Y].[Y].[Y].[Y].[Y].[Y].[Y].[Y].[Y].[Y].[Y].[Y].[Y]. The first-order valence-electron chi connectivity index (χ1n) is 0. The molecule has 97 heteroatoms. The molecule has 0 saturated carbocycles. The molecule has 0 atom stereocenters. The van der Waals surface area contributed by atoms with Crippen molar-refractivity contribution in [3.05, 3.63) is 0 Å². The Hall–Kier alpha value is 107. The van der Waals surface area contributed by atoms with E-state index in [-0.39, 0.29) is 3170 Å². The zero-order valence-electron chi connectivity index (χ0n) is 56.0. The Morgan fingerprint density at radius 2 is 0.0103 bits per heavy atom. The fourth-order valence-corrected chi connectivity index (χ4v) is 0. The second-order valence-corrected chi connectivity index (χ2v) is 0. The minimum absolute atomic E-state index is 0. The molecule has 0 aliphatic heterocycles. The van der Waals surface area contributed by atoms with Gasteiger partial charge in [-0.1, -0.05) is 0 Å². The van der Waals surface area contributed by atoms with Crippen LogP contribution in [-0.4, -0.2) is 0 Å². The molecule has 0 amide bonds. The van der Waals surface area contributed by atoms with Crippen LogP contribution in [0.15, 0.2) is 0 Å². The summed E-state index contributed by atoms with van der Waals surface area (Å²) in [6, 6.07) is 0. The van der Waals surface area contributed by atoms with Crippen LogP contribution in [-0.2, 0) is 3170 Å². The predicted molar refractivity (Wildman–Crippen MR) is 0 cm³/mol. The summed E-state index contributed by atoms with van der Waals surface area (Å²) in [4.78, 5) is 0. The standard InChI is InChI=1S/97Y. The average Bonchev–Trinajstić information content (AvgIpc) is 0. The van der Waals surface area contributed by atoms with Crippen molar-refractivity contribution in [1.82, 2.24) is 0 Å². The summed E-state index contributed by atoms with van der Waals surface area (Å²) in [6.07, 6.45) is 0. The molecule has 0 aliphatic rings. The third-order valence-electron chi connectivity index (χ3n) is 0. The van der Waals surface area contributed by atoms with E-state index in [2.05, 4.69) is 0 Å². The molecule has 97 radical (unpaired) electrons. The molecule has 0 bridgehead atoms. The quantitative estimate of drug-likeness (QED) is 0.315. The molecular weight excluding hydrogens is 8620 g/mol. The molecule has 0 N–H and O–H groups in total. The topological polar surface area (TPSA) is 0 Å². The van der Waals surface area contributed by atoms with Gasteiger partial charge in [0.1, 0.15) is 0 Å². The molecule has 0 spiro atoms. The van der Waals surface area contributed by atoms with Gasteiger partial charge in [-0.2, -0.15) is 0 Å². The van der Waals surface area contributed by atoms with Crippen LogP contribution in [0.3, 0.4) is 0 Å². The Kier molecular flexibility index (Phi) is 5470. The van der Waals surface area contributed by atoms with Crippen molar-refractivity contribution < 1.29 is 3170 Å². The predicted octanol–water partition coefficient (Wildman–Crippen LogP) is -0.243. The fraction of sp³-hybridized carbons (Fsp3) is 0. The maximum absolute atomic E-state index is 0. The first-order valence-corrected chi connectivity index (χ1v) is 0. The summed E-state index contributed by atoms with van der Waals surface area (Å²) in [6.45, 7) is 0. The molecule has 0 rings (SSSR count). The number of rotatable bonds is 0. The van der Waals surface area contributed by atoms with Crippen molar-refractivity contribution in [2.45, 2.75) is 0 Å². The van der Waals surface area contributed by atoms with E-state index >= 15 is 0 Å². The Labute approximate surface area is 3050 Å². The van der Waals surface area contributed by atoms with Gasteiger partial charge in [0.2, 0.25) is 0 Å². The van der Waals surface area contributed by atoms with Crippen LogP contribution < -0.4 is 0 Å². The largest absolute Gasteiger partial charge is 0 e. The third-order valence-corrected chi connectivity index (χ3v) is 0. The summed E-state index contributed by atoms with van der Waals surface area (Å²) in [7, 11) is 0. The van der Waals surface area contributed by atoms with Crippen LogP contribution in [0, 0.1) is 0 Å². The van der Waals surface area contributed by atoms with Gasteiger partial charge in [0.15, 0.2) is 0 Å². The van der Waals surface area contributed by atoms with Crippen LogP contribution in [0.25, 0.3) is 0 Å². The number of hydrogen-bond acceptors (Lipinski definition) is 0. The van der Waals surface area contributed by atoms with E-state index in [9.17, 15) is 0 Å². The van der Waals surface area contributed by atoms with E-state index in [1.165, 1.54) is 0 Å². The van der Waals surface area contributed by atoms with E-state index in [0.717, 1.165) is 0 Å². The molecule has 0 aromatic heterocycles. The smallest absolute Gasteiger partial charge is 0 e. The van der Waals surface area contributed by atoms with E-state index in [1.54, 1.807) is 0 Å². The second kappa shape index (κ2) is 723. The Morgan fingerprint density at radius 3 is 0.0103 bits per heavy atom. The van der Waals surface area contributed by atoms with Crippen molar-refractivity contribution in [1.29, 1.82) is 0 Å². The fourth-order valence-electron chi connectivity index (χ4n) is 0. The average molecular weight is 8620 g/mol. The van der Waals surface area contributed by atoms with Gasteiger partial charge < -0.3 is 0 Å². The van der Waals surface area contributed by atoms with Crippen LogP contribution in [0.2, 0.25) is 0 Å². The van der Waals surface area contributed by atoms with Gasteiger partial charge in [0, 0.05) is 3170 Å². The molecule has 0 aromatic carbocycles. The Balaban J connectivity index is 0. The van der Waals surface area contributed by atoms with Crippen molar-refractivity contribution in [2.24, 2.45) is 0 Å². The van der Waals surface area contributed by atoms with Gasteiger partial charge in [-0.05, 0) is 0 Å². The second-order valence-electron chi connectivity index (χ2n) is 0. The molecule has 0 unspecified atom stereocenters. The first kappa shape index (κ1) is 734. The van der Waals surface area contributed by atoms with E-state index in [1.807, 2.05) is 0 Å². The minimum atomic E-state index is 0. The van der Waals surface area contributed by atoms with Crippen LogP contribution in [0.1, 0.15) is 0 Å². The first-order chi connectivity index (χ1) is 0. The van der Waals surface area contributed by atoms with Gasteiger partial charge >= 0.3 is 0 Å². The summed E-state index contributed by atoms with van der Waals surface area (Å²) in [5.74, 6) is 0. The maximum atomic E-state index is 0. The molecule has 0 heterocycles. The summed E-state index contributed by atoms with van der Waals surface area (Å²) >= 11 is 0. The van der Waals surface area contributed by atoms with Crippen molar-refractivity contribution >= 4 is 0 Å².